The average molecular weight is 507 g/mol. The van der Waals surface area contributed by atoms with E-state index in [0.717, 1.165) is 36.4 Å². The number of aryl methyl sites for hydroxylation is 1. The van der Waals surface area contributed by atoms with Crippen LogP contribution >= 0.6 is 0 Å². The smallest absolute Gasteiger partial charge is 0.475 e. The van der Waals surface area contributed by atoms with Gasteiger partial charge in [0.15, 0.2) is 0 Å². The van der Waals surface area contributed by atoms with Crippen LogP contribution in [0.2, 0.25) is 0 Å². The first-order valence-electron chi connectivity index (χ1n) is 9.88. The Balaban J connectivity index is 0.000000362. The number of halogens is 6. The second-order valence-electron chi connectivity index (χ2n) is 7.22. The van der Waals surface area contributed by atoms with Crippen LogP contribution in [0.3, 0.4) is 0 Å². The minimum absolute atomic E-state index is 0.848. The molecule has 3 rings (SSSR count). The van der Waals surface area contributed by atoms with Crippen molar-refractivity contribution in [1.82, 2.24) is 14.9 Å². The Kier molecular flexibility index (Phi) is 10.7. The highest BCUT2D eigenvalue weighted by molar-refractivity contribution is 5.74. The number of carboxylic acids is 2. The molecular formula is C22H23F6N3O4. The molecule has 0 aliphatic carbocycles. The van der Waals surface area contributed by atoms with Crippen LogP contribution < -0.4 is 0 Å². The van der Waals surface area contributed by atoms with E-state index in [0.29, 0.717) is 0 Å². The van der Waals surface area contributed by atoms with Gasteiger partial charge in [-0.1, -0.05) is 36.4 Å². The van der Waals surface area contributed by atoms with Gasteiger partial charge in [-0.05, 0) is 43.7 Å². The average Bonchev–Trinajstić information content (AvgIpc) is 3.15. The highest BCUT2D eigenvalue weighted by Crippen LogP contribution is 2.14. The summed E-state index contributed by atoms with van der Waals surface area (Å²) in [6.45, 7) is 4.05. The number of rotatable bonds is 5. The molecule has 3 aromatic rings. The van der Waals surface area contributed by atoms with E-state index in [1.165, 1.54) is 11.1 Å². The predicted molar refractivity (Wildman–Crippen MR) is 115 cm³/mol. The van der Waals surface area contributed by atoms with Gasteiger partial charge in [-0.15, -0.1) is 0 Å². The molecule has 13 heteroatoms. The molecule has 1 heterocycles. The van der Waals surface area contributed by atoms with Crippen molar-refractivity contribution in [1.29, 1.82) is 0 Å². The molecule has 192 valence electrons. The van der Waals surface area contributed by atoms with Crippen LogP contribution in [0.5, 0.6) is 0 Å². The number of alkyl halides is 6. The van der Waals surface area contributed by atoms with Crippen LogP contribution in [0.1, 0.15) is 17.0 Å². The normalized spacial score (nSPS) is 11.3. The maximum absolute atomic E-state index is 10.6. The van der Waals surface area contributed by atoms with Crippen molar-refractivity contribution in [3.8, 4) is 0 Å². The quantitative estimate of drug-likeness (QED) is 0.428. The lowest BCUT2D eigenvalue weighted by Crippen LogP contribution is -2.21. The Morgan fingerprint density at radius 3 is 1.89 bits per heavy atom. The fourth-order valence-electron chi connectivity index (χ4n) is 2.62. The summed E-state index contributed by atoms with van der Waals surface area (Å²) in [5, 5.41) is 14.2. The zero-order valence-corrected chi connectivity index (χ0v) is 18.6. The number of carboxylic acid groups (broad SMARTS) is 2. The molecule has 3 N–H and O–H groups in total. The van der Waals surface area contributed by atoms with Crippen molar-refractivity contribution in [2.75, 3.05) is 13.6 Å². The number of aliphatic carboxylic acids is 2. The van der Waals surface area contributed by atoms with Crippen molar-refractivity contribution in [3.63, 3.8) is 0 Å². The number of aromatic nitrogens is 2. The fraction of sp³-hybridized carbons (Fsp3) is 0.318. The molecule has 0 saturated carbocycles. The highest BCUT2D eigenvalue weighted by Gasteiger charge is 2.38. The van der Waals surface area contributed by atoms with Crippen molar-refractivity contribution in [3.05, 3.63) is 65.5 Å². The van der Waals surface area contributed by atoms with Crippen LogP contribution in [0.15, 0.2) is 48.5 Å². The second-order valence-corrected chi connectivity index (χ2v) is 7.22. The third-order valence-corrected chi connectivity index (χ3v) is 4.37. The summed E-state index contributed by atoms with van der Waals surface area (Å²) in [6, 6.07) is 16.8. The van der Waals surface area contributed by atoms with Gasteiger partial charge < -0.3 is 15.2 Å². The number of nitrogens with one attached hydrogen (secondary N) is 1. The number of hydrogen-bond donors (Lipinski definition) is 3. The number of H-pyrrole nitrogens is 1. The van der Waals surface area contributed by atoms with E-state index in [9.17, 15) is 26.3 Å². The molecule has 35 heavy (non-hydrogen) atoms. The summed E-state index contributed by atoms with van der Waals surface area (Å²) in [5.74, 6) is -4.48. The summed E-state index contributed by atoms with van der Waals surface area (Å²) in [7, 11) is 2.14. The molecule has 0 saturated heterocycles. The molecule has 0 aliphatic rings. The number of hydrogen-bond acceptors (Lipinski definition) is 4. The maximum Gasteiger partial charge on any atom is 0.490 e. The highest BCUT2D eigenvalue weighted by atomic mass is 19.4. The predicted octanol–water partition coefficient (Wildman–Crippen LogP) is 4.81. The molecule has 0 radical (unpaired) electrons. The molecule has 2 aromatic carbocycles. The van der Waals surface area contributed by atoms with Crippen LogP contribution in [-0.2, 0) is 22.6 Å². The Labute approximate surface area is 196 Å². The number of para-hydroxylation sites is 2. The number of imidazole rings is 1. The summed E-state index contributed by atoms with van der Waals surface area (Å²) in [5.41, 5.74) is 4.95. The number of aromatic amines is 1. The van der Waals surface area contributed by atoms with Gasteiger partial charge in [0.1, 0.15) is 5.82 Å². The van der Waals surface area contributed by atoms with Crippen molar-refractivity contribution in [2.24, 2.45) is 0 Å². The van der Waals surface area contributed by atoms with Gasteiger partial charge in [-0.3, -0.25) is 4.90 Å². The molecule has 1 aromatic heterocycles. The summed E-state index contributed by atoms with van der Waals surface area (Å²) >= 11 is 0. The van der Waals surface area contributed by atoms with E-state index in [2.05, 4.69) is 59.2 Å². The van der Waals surface area contributed by atoms with Crippen LogP contribution in [0.4, 0.5) is 26.3 Å². The van der Waals surface area contributed by atoms with Crippen molar-refractivity contribution in [2.45, 2.75) is 32.2 Å². The lowest BCUT2D eigenvalue weighted by molar-refractivity contribution is -0.193. The zero-order valence-electron chi connectivity index (χ0n) is 18.6. The molecule has 0 bridgehead atoms. The maximum atomic E-state index is 10.6. The second kappa shape index (κ2) is 12.7. The Morgan fingerprint density at radius 1 is 0.914 bits per heavy atom. The topological polar surface area (TPSA) is 107 Å². The Bertz CT molecular complexity index is 1060. The zero-order chi connectivity index (χ0) is 26.8. The lowest BCUT2D eigenvalue weighted by Gasteiger charge is -2.15. The standard InChI is InChI=1S/C18H21N3.2C2HF3O2/c1-14-7-3-4-8-15(14)11-12-21(2)13-18-19-16-9-5-6-10-17(16)20-18;2*3-2(4,5)1(6)7/h3-10H,11-13H2,1-2H3,(H,19,20);2*(H,6,7). The van der Waals surface area contributed by atoms with Crippen LogP contribution in [-0.4, -0.2) is 63.0 Å². The number of carbonyl (C=O) groups is 2. The molecule has 0 amide bonds. The van der Waals surface area contributed by atoms with Crippen molar-refractivity contribution < 1.29 is 46.1 Å². The first-order valence-corrected chi connectivity index (χ1v) is 9.88. The molecule has 0 aliphatic heterocycles. The third kappa shape index (κ3) is 10.9. The minimum atomic E-state index is -5.08. The SMILES string of the molecule is Cc1ccccc1CCN(C)Cc1nc2ccccc2[nH]1.O=C(O)C(F)(F)F.O=C(O)C(F)(F)F. The van der Waals surface area contributed by atoms with Gasteiger partial charge in [0.25, 0.3) is 0 Å². The van der Waals surface area contributed by atoms with Gasteiger partial charge in [0.2, 0.25) is 0 Å². The molecular weight excluding hydrogens is 484 g/mol. The van der Waals surface area contributed by atoms with E-state index in [-0.39, 0.29) is 0 Å². The number of likely N-dealkylation sites (N-methyl/N-ethyl adjacent to an activating group) is 1. The van der Waals surface area contributed by atoms with Crippen LogP contribution in [0.25, 0.3) is 11.0 Å². The number of benzene rings is 2. The largest absolute Gasteiger partial charge is 0.490 e. The summed E-state index contributed by atoms with van der Waals surface area (Å²) in [4.78, 5) is 28.1. The first-order chi connectivity index (χ1) is 16.1. The van der Waals surface area contributed by atoms with Gasteiger partial charge in [-0.2, -0.15) is 26.3 Å². The molecule has 0 spiro atoms. The van der Waals surface area contributed by atoms with E-state index in [1.54, 1.807) is 0 Å². The van der Waals surface area contributed by atoms with Gasteiger partial charge >= 0.3 is 24.3 Å². The minimum Gasteiger partial charge on any atom is -0.475 e. The summed E-state index contributed by atoms with van der Waals surface area (Å²) in [6.07, 6.45) is -9.09. The fourth-order valence-corrected chi connectivity index (χ4v) is 2.62. The van der Waals surface area contributed by atoms with Gasteiger partial charge in [0, 0.05) is 6.54 Å². The van der Waals surface area contributed by atoms with E-state index < -0.39 is 24.3 Å². The lowest BCUT2D eigenvalue weighted by atomic mass is 10.1. The molecule has 0 unspecified atom stereocenters. The number of fused-ring (bicyclic) bond motifs is 1. The first kappa shape index (κ1) is 29.4. The molecule has 0 atom stereocenters. The Hall–Kier alpha value is -3.61. The monoisotopic (exact) mass is 507 g/mol. The van der Waals surface area contributed by atoms with E-state index >= 15 is 0 Å². The number of nitrogens with zero attached hydrogens (tertiary/aromatic N) is 2. The van der Waals surface area contributed by atoms with E-state index in [1.807, 2.05) is 18.2 Å². The van der Waals surface area contributed by atoms with E-state index in [4.69, 9.17) is 19.8 Å². The summed E-state index contributed by atoms with van der Waals surface area (Å²) < 4.78 is 63.5. The van der Waals surface area contributed by atoms with Crippen LogP contribution in [0, 0.1) is 6.92 Å². The molecule has 0 fully saturated rings. The van der Waals surface area contributed by atoms with Crippen molar-refractivity contribution >= 4 is 23.0 Å². The Morgan fingerprint density at radius 2 is 1.40 bits per heavy atom. The van der Waals surface area contributed by atoms with Gasteiger partial charge in [0.05, 0.1) is 17.6 Å². The third-order valence-electron chi connectivity index (χ3n) is 4.37. The van der Waals surface area contributed by atoms with Gasteiger partial charge in [-0.25, -0.2) is 14.6 Å². The molecule has 7 nitrogen and oxygen atoms in total.